The Balaban J connectivity index is 1.65. The average molecular weight is 379 g/mol. The zero-order valence-electron chi connectivity index (χ0n) is 13.4. The summed E-state index contributed by atoms with van der Waals surface area (Å²) < 4.78 is 44.9. The minimum Gasteiger partial charge on any atom is -0.411 e. The summed E-state index contributed by atoms with van der Waals surface area (Å²) in [6.07, 6.45) is 0. The maximum absolute atomic E-state index is 13.6. The molecule has 1 N–H and O–H groups in total. The van der Waals surface area contributed by atoms with Crippen LogP contribution in [0.3, 0.4) is 0 Å². The van der Waals surface area contributed by atoms with Crippen LogP contribution in [0.1, 0.15) is 6.92 Å². The van der Waals surface area contributed by atoms with Crippen LogP contribution in [0.2, 0.25) is 0 Å². The summed E-state index contributed by atoms with van der Waals surface area (Å²) >= 11 is 0.976. The van der Waals surface area contributed by atoms with Crippen LogP contribution in [-0.2, 0) is 4.79 Å². The van der Waals surface area contributed by atoms with Crippen molar-refractivity contribution in [2.75, 3.05) is 5.32 Å². The summed E-state index contributed by atoms with van der Waals surface area (Å²) in [5.41, 5.74) is 0.414. The lowest BCUT2D eigenvalue weighted by Gasteiger charge is -2.10. The lowest BCUT2D eigenvalue weighted by molar-refractivity contribution is -0.115. The van der Waals surface area contributed by atoms with Gasteiger partial charge in [-0.3, -0.25) is 4.79 Å². The minimum atomic E-state index is -0.869. The van der Waals surface area contributed by atoms with Gasteiger partial charge in [-0.05, 0) is 43.3 Å². The predicted molar refractivity (Wildman–Crippen MR) is 90.0 cm³/mol. The number of hydrogen-bond donors (Lipinski definition) is 1. The highest BCUT2D eigenvalue weighted by Gasteiger charge is 2.20. The molecule has 0 saturated carbocycles. The largest absolute Gasteiger partial charge is 0.411 e. The first-order valence-electron chi connectivity index (χ1n) is 7.44. The zero-order chi connectivity index (χ0) is 18.7. The van der Waals surface area contributed by atoms with E-state index in [9.17, 15) is 18.0 Å². The third-order valence-electron chi connectivity index (χ3n) is 3.33. The number of carbonyl (C=O) groups excluding carboxylic acids is 1. The van der Waals surface area contributed by atoms with Crippen molar-refractivity contribution in [1.82, 2.24) is 10.2 Å². The van der Waals surface area contributed by atoms with Crippen LogP contribution in [0.15, 0.2) is 52.1 Å². The van der Waals surface area contributed by atoms with E-state index >= 15 is 0 Å². The van der Waals surface area contributed by atoms with E-state index < -0.39 is 22.8 Å². The Bertz CT molecular complexity index is 931. The molecule has 0 aliphatic rings. The van der Waals surface area contributed by atoms with E-state index in [1.165, 1.54) is 24.3 Å². The molecule has 9 heteroatoms. The molecule has 2 aromatic carbocycles. The van der Waals surface area contributed by atoms with E-state index in [4.69, 9.17) is 4.42 Å². The highest BCUT2D eigenvalue weighted by Crippen LogP contribution is 2.27. The van der Waals surface area contributed by atoms with Crippen molar-refractivity contribution < 1.29 is 22.4 Å². The second kappa shape index (κ2) is 7.61. The van der Waals surface area contributed by atoms with Gasteiger partial charge in [-0.1, -0.05) is 11.8 Å². The molecular weight excluding hydrogens is 367 g/mol. The minimum absolute atomic E-state index is 0.124. The molecule has 3 rings (SSSR count). The van der Waals surface area contributed by atoms with Gasteiger partial charge in [-0.25, -0.2) is 13.2 Å². The second-order valence-electron chi connectivity index (χ2n) is 5.25. The van der Waals surface area contributed by atoms with Crippen LogP contribution >= 0.6 is 11.8 Å². The van der Waals surface area contributed by atoms with E-state index in [2.05, 4.69) is 15.5 Å². The van der Waals surface area contributed by atoms with Crippen molar-refractivity contribution in [1.29, 1.82) is 0 Å². The van der Waals surface area contributed by atoms with Gasteiger partial charge >= 0.3 is 0 Å². The summed E-state index contributed by atoms with van der Waals surface area (Å²) in [5, 5.41) is 9.49. The number of carbonyl (C=O) groups is 1. The van der Waals surface area contributed by atoms with E-state index in [1.54, 1.807) is 6.92 Å². The quantitative estimate of drug-likeness (QED) is 0.671. The predicted octanol–water partition coefficient (Wildman–Crippen LogP) is 4.27. The van der Waals surface area contributed by atoms with Crippen molar-refractivity contribution in [2.24, 2.45) is 0 Å². The van der Waals surface area contributed by atoms with Gasteiger partial charge in [0.05, 0.1) is 10.9 Å². The van der Waals surface area contributed by atoms with Gasteiger partial charge in [-0.15, -0.1) is 10.2 Å². The van der Waals surface area contributed by atoms with E-state index in [0.29, 0.717) is 11.6 Å². The van der Waals surface area contributed by atoms with Crippen LogP contribution in [0.25, 0.3) is 11.5 Å². The fourth-order valence-corrected chi connectivity index (χ4v) is 2.68. The number of benzene rings is 2. The maximum Gasteiger partial charge on any atom is 0.277 e. The van der Waals surface area contributed by atoms with Gasteiger partial charge in [0.15, 0.2) is 0 Å². The van der Waals surface area contributed by atoms with Crippen molar-refractivity contribution >= 4 is 23.4 Å². The standard InChI is InChI=1S/C17H12F3N3O2S/c1-9(15(24)21-14-7-6-12(19)8-13(14)20)26-17-23-22-16(25-17)10-2-4-11(18)5-3-10/h2-9H,1H3,(H,21,24)/t9-/m0/s1. The summed E-state index contributed by atoms with van der Waals surface area (Å²) in [6.45, 7) is 1.57. The third-order valence-corrected chi connectivity index (χ3v) is 4.27. The Morgan fingerprint density at radius 3 is 2.46 bits per heavy atom. The number of rotatable bonds is 5. The van der Waals surface area contributed by atoms with Crippen molar-refractivity contribution in [3.8, 4) is 11.5 Å². The Labute approximate surface area is 150 Å². The number of anilines is 1. The highest BCUT2D eigenvalue weighted by molar-refractivity contribution is 8.00. The molecule has 134 valence electrons. The summed E-state index contributed by atoms with van der Waals surface area (Å²) in [5.74, 6) is -2.32. The Morgan fingerprint density at radius 2 is 1.77 bits per heavy atom. The molecule has 1 aromatic heterocycles. The molecule has 0 fully saturated rings. The third kappa shape index (κ3) is 4.23. The maximum atomic E-state index is 13.6. The number of thioether (sulfide) groups is 1. The molecule has 0 radical (unpaired) electrons. The molecule has 1 heterocycles. The number of nitrogens with one attached hydrogen (secondary N) is 1. The van der Waals surface area contributed by atoms with Crippen molar-refractivity contribution in [3.05, 3.63) is 59.9 Å². The number of amides is 1. The summed E-state index contributed by atoms with van der Waals surface area (Å²) in [6, 6.07) is 8.37. The molecule has 0 spiro atoms. The van der Waals surface area contributed by atoms with Crippen LogP contribution in [0.5, 0.6) is 0 Å². The van der Waals surface area contributed by atoms with Gasteiger partial charge in [0.2, 0.25) is 11.8 Å². The molecule has 0 bridgehead atoms. The molecular formula is C17H12F3N3O2S. The molecule has 0 aliphatic heterocycles. The lowest BCUT2D eigenvalue weighted by atomic mass is 10.2. The average Bonchev–Trinajstić information content (AvgIpc) is 3.06. The number of hydrogen-bond acceptors (Lipinski definition) is 5. The van der Waals surface area contributed by atoms with Crippen LogP contribution in [0, 0.1) is 17.5 Å². The monoisotopic (exact) mass is 379 g/mol. The van der Waals surface area contributed by atoms with E-state index in [0.717, 1.165) is 23.9 Å². The van der Waals surface area contributed by atoms with Crippen LogP contribution in [0.4, 0.5) is 18.9 Å². The SMILES string of the molecule is C[C@H](Sc1nnc(-c2ccc(F)cc2)o1)C(=O)Nc1ccc(F)cc1F. The van der Waals surface area contributed by atoms with E-state index in [-0.39, 0.29) is 22.6 Å². The van der Waals surface area contributed by atoms with Crippen molar-refractivity contribution in [3.63, 3.8) is 0 Å². The van der Waals surface area contributed by atoms with Crippen LogP contribution < -0.4 is 5.32 Å². The normalized spacial score (nSPS) is 12.0. The molecule has 0 saturated heterocycles. The lowest BCUT2D eigenvalue weighted by Crippen LogP contribution is -2.23. The molecule has 0 unspecified atom stereocenters. The first-order valence-corrected chi connectivity index (χ1v) is 8.32. The fourth-order valence-electron chi connectivity index (χ4n) is 2.00. The van der Waals surface area contributed by atoms with Gasteiger partial charge < -0.3 is 9.73 Å². The van der Waals surface area contributed by atoms with Gasteiger partial charge in [0, 0.05) is 11.6 Å². The Hall–Kier alpha value is -2.81. The summed E-state index contributed by atoms with van der Waals surface area (Å²) in [7, 11) is 0. The van der Waals surface area contributed by atoms with Gasteiger partial charge in [-0.2, -0.15) is 0 Å². The first kappa shape index (κ1) is 18.0. The first-order chi connectivity index (χ1) is 12.4. The van der Waals surface area contributed by atoms with E-state index in [1.807, 2.05) is 0 Å². The molecule has 3 aromatic rings. The molecule has 1 atom stereocenters. The fraction of sp³-hybridized carbons (Fsp3) is 0.118. The van der Waals surface area contributed by atoms with Gasteiger partial charge in [0.1, 0.15) is 17.5 Å². The van der Waals surface area contributed by atoms with Gasteiger partial charge in [0.25, 0.3) is 5.22 Å². The number of nitrogens with zero attached hydrogens (tertiary/aromatic N) is 2. The smallest absolute Gasteiger partial charge is 0.277 e. The zero-order valence-corrected chi connectivity index (χ0v) is 14.2. The molecule has 1 amide bonds. The molecule has 0 aliphatic carbocycles. The molecule has 5 nitrogen and oxygen atoms in total. The number of halogens is 3. The van der Waals surface area contributed by atoms with Crippen LogP contribution in [-0.4, -0.2) is 21.4 Å². The molecule has 26 heavy (non-hydrogen) atoms. The summed E-state index contributed by atoms with van der Waals surface area (Å²) in [4.78, 5) is 12.1. The van der Waals surface area contributed by atoms with Crippen molar-refractivity contribution in [2.45, 2.75) is 17.4 Å². The highest BCUT2D eigenvalue weighted by atomic mass is 32.2. The Kier molecular flexibility index (Phi) is 5.27. The Morgan fingerprint density at radius 1 is 1.08 bits per heavy atom. The topological polar surface area (TPSA) is 68.0 Å². The number of aromatic nitrogens is 2. The second-order valence-corrected chi connectivity index (χ2v) is 6.55.